The first-order valence-corrected chi connectivity index (χ1v) is 7.76. The molecule has 0 amide bonds. The normalized spacial score (nSPS) is 28.9. The largest absolute Gasteiger partial charge is 0.389 e. The van der Waals surface area contributed by atoms with Crippen LogP contribution in [0.2, 0.25) is 0 Å². The molecule has 0 aromatic heterocycles. The van der Waals surface area contributed by atoms with Crippen molar-refractivity contribution in [3.8, 4) is 6.07 Å². The minimum atomic E-state index is -0.928. The number of hydrogen-bond acceptors (Lipinski definition) is 3. The van der Waals surface area contributed by atoms with Crippen LogP contribution >= 0.6 is 0 Å². The van der Waals surface area contributed by atoms with Gasteiger partial charge in [0.15, 0.2) is 5.78 Å². The third-order valence-electron chi connectivity index (χ3n) is 4.64. The predicted molar refractivity (Wildman–Crippen MR) is 81.9 cm³/mol. The van der Waals surface area contributed by atoms with Crippen LogP contribution in [0, 0.1) is 23.2 Å². The Kier molecular flexibility index (Phi) is 4.80. The van der Waals surface area contributed by atoms with Crippen molar-refractivity contribution in [1.29, 1.82) is 5.26 Å². The Morgan fingerprint density at radius 3 is 2.67 bits per heavy atom. The van der Waals surface area contributed by atoms with Crippen molar-refractivity contribution in [2.45, 2.75) is 51.6 Å². The van der Waals surface area contributed by atoms with Gasteiger partial charge in [0.2, 0.25) is 0 Å². The molecule has 0 aliphatic heterocycles. The van der Waals surface area contributed by atoms with E-state index in [0.29, 0.717) is 17.5 Å². The summed E-state index contributed by atoms with van der Waals surface area (Å²) in [5.41, 5.74) is 0.220. The highest BCUT2D eigenvalue weighted by molar-refractivity contribution is 5.99. The number of hydrogen-bond donors (Lipinski definition) is 1. The maximum absolute atomic E-state index is 12.9. The standard InChI is InChI=1S/C18H23NO2/c1-3-5-14-6-4-11-18(2,21)16(14)17(20)15-9-7-13(12-19)8-10-15/h7-10,14,16,21H,3-6,11H2,1-2H3/t14-,16-,18-/m1/s1. The highest BCUT2D eigenvalue weighted by Crippen LogP contribution is 2.41. The van der Waals surface area contributed by atoms with E-state index in [-0.39, 0.29) is 17.6 Å². The quantitative estimate of drug-likeness (QED) is 0.858. The van der Waals surface area contributed by atoms with E-state index in [4.69, 9.17) is 5.26 Å². The fourth-order valence-corrected chi connectivity index (χ4v) is 3.62. The first kappa shape index (κ1) is 15.7. The van der Waals surface area contributed by atoms with Gasteiger partial charge in [-0.3, -0.25) is 4.79 Å². The van der Waals surface area contributed by atoms with E-state index in [2.05, 4.69) is 13.0 Å². The lowest BCUT2D eigenvalue weighted by molar-refractivity contribution is -0.0464. The van der Waals surface area contributed by atoms with Gasteiger partial charge in [0.1, 0.15) is 0 Å². The molecule has 1 aromatic carbocycles. The molecular formula is C18H23NO2. The fourth-order valence-electron chi connectivity index (χ4n) is 3.62. The monoisotopic (exact) mass is 285 g/mol. The van der Waals surface area contributed by atoms with Gasteiger partial charge in [-0.1, -0.05) is 31.9 Å². The number of benzene rings is 1. The van der Waals surface area contributed by atoms with E-state index in [0.717, 1.165) is 25.7 Å². The third kappa shape index (κ3) is 3.33. The van der Waals surface area contributed by atoms with Crippen molar-refractivity contribution in [2.24, 2.45) is 11.8 Å². The molecule has 0 unspecified atom stereocenters. The van der Waals surface area contributed by atoms with Crippen molar-refractivity contribution in [3.05, 3.63) is 35.4 Å². The molecule has 2 rings (SSSR count). The number of carbonyl (C=O) groups excluding carboxylic acids is 1. The summed E-state index contributed by atoms with van der Waals surface area (Å²) in [5, 5.41) is 19.5. The molecule has 1 aliphatic carbocycles. The lowest BCUT2D eigenvalue weighted by Gasteiger charge is -2.42. The molecular weight excluding hydrogens is 262 g/mol. The van der Waals surface area contributed by atoms with Gasteiger partial charge in [-0.2, -0.15) is 5.26 Å². The number of aliphatic hydroxyl groups is 1. The second-order valence-corrected chi connectivity index (χ2v) is 6.33. The molecule has 0 bridgehead atoms. The summed E-state index contributed by atoms with van der Waals surface area (Å²) >= 11 is 0. The van der Waals surface area contributed by atoms with Crippen molar-refractivity contribution < 1.29 is 9.90 Å². The summed E-state index contributed by atoms with van der Waals surface area (Å²) in [7, 11) is 0. The predicted octanol–water partition coefficient (Wildman–Crippen LogP) is 3.71. The SMILES string of the molecule is CCC[C@@H]1CCC[C@@](C)(O)[C@H]1C(=O)c1ccc(C#N)cc1. The zero-order valence-corrected chi connectivity index (χ0v) is 12.8. The van der Waals surface area contributed by atoms with Crippen LogP contribution < -0.4 is 0 Å². The average Bonchev–Trinajstić information content (AvgIpc) is 2.46. The van der Waals surface area contributed by atoms with Crippen LogP contribution in [0.3, 0.4) is 0 Å². The topological polar surface area (TPSA) is 61.1 Å². The second kappa shape index (κ2) is 6.41. The highest BCUT2D eigenvalue weighted by atomic mass is 16.3. The Labute approximate surface area is 126 Å². The minimum Gasteiger partial charge on any atom is -0.389 e. The van der Waals surface area contributed by atoms with Gasteiger partial charge in [0, 0.05) is 5.56 Å². The lowest BCUT2D eigenvalue weighted by atomic mass is 9.65. The molecule has 21 heavy (non-hydrogen) atoms. The molecule has 0 spiro atoms. The Hall–Kier alpha value is -1.66. The smallest absolute Gasteiger partial charge is 0.169 e. The van der Waals surface area contributed by atoms with E-state index in [1.807, 2.05) is 0 Å². The van der Waals surface area contributed by atoms with Crippen LogP contribution in [0.1, 0.15) is 61.9 Å². The Bertz CT molecular complexity index is 537. The molecule has 1 fully saturated rings. The van der Waals surface area contributed by atoms with Gasteiger partial charge in [-0.15, -0.1) is 0 Å². The molecule has 1 saturated carbocycles. The van der Waals surface area contributed by atoms with Gasteiger partial charge in [0.05, 0.1) is 23.2 Å². The third-order valence-corrected chi connectivity index (χ3v) is 4.64. The summed E-state index contributed by atoms with van der Waals surface area (Å²) < 4.78 is 0. The minimum absolute atomic E-state index is 0.0163. The first-order chi connectivity index (χ1) is 9.99. The summed E-state index contributed by atoms with van der Waals surface area (Å²) in [6.45, 7) is 3.91. The van der Waals surface area contributed by atoms with E-state index >= 15 is 0 Å². The fraction of sp³-hybridized carbons (Fsp3) is 0.556. The van der Waals surface area contributed by atoms with E-state index in [9.17, 15) is 9.90 Å². The molecule has 112 valence electrons. The Balaban J connectivity index is 2.29. The molecule has 3 heteroatoms. The van der Waals surface area contributed by atoms with Crippen molar-refractivity contribution in [2.75, 3.05) is 0 Å². The van der Waals surface area contributed by atoms with Gasteiger partial charge in [-0.25, -0.2) is 0 Å². The number of ketones is 1. The second-order valence-electron chi connectivity index (χ2n) is 6.33. The van der Waals surface area contributed by atoms with Crippen molar-refractivity contribution in [1.82, 2.24) is 0 Å². The van der Waals surface area contributed by atoms with Crippen molar-refractivity contribution in [3.63, 3.8) is 0 Å². The van der Waals surface area contributed by atoms with Crippen LogP contribution in [0.25, 0.3) is 0 Å². The molecule has 1 aromatic rings. The number of carbonyl (C=O) groups is 1. The number of nitrogens with zero attached hydrogens (tertiary/aromatic N) is 1. The van der Waals surface area contributed by atoms with E-state index in [1.165, 1.54) is 0 Å². The van der Waals surface area contributed by atoms with Gasteiger partial charge >= 0.3 is 0 Å². The highest BCUT2D eigenvalue weighted by Gasteiger charge is 2.44. The lowest BCUT2D eigenvalue weighted by Crippen LogP contribution is -2.47. The number of nitriles is 1. The molecule has 1 aliphatic rings. The maximum atomic E-state index is 12.9. The van der Waals surface area contributed by atoms with E-state index in [1.54, 1.807) is 31.2 Å². The number of Topliss-reactive ketones (excluding diaryl/α,β-unsaturated/α-hetero) is 1. The zero-order valence-electron chi connectivity index (χ0n) is 12.8. The van der Waals surface area contributed by atoms with E-state index < -0.39 is 5.60 Å². The van der Waals surface area contributed by atoms with Crippen molar-refractivity contribution >= 4 is 5.78 Å². The van der Waals surface area contributed by atoms with Crippen LogP contribution in [0.15, 0.2) is 24.3 Å². The van der Waals surface area contributed by atoms with Gasteiger partial charge in [-0.05, 0) is 44.2 Å². The van der Waals surface area contributed by atoms with Crippen LogP contribution in [-0.4, -0.2) is 16.5 Å². The molecule has 0 heterocycles. The van der Waals surface area contributed by atoms with Crippen LogP contribution in [-0.2, 0) is 0 Å². The molecule has 0 saturated heterocycles. The molecule has 0 radical (unpaired) electrons. The van der Waals surface area contributed by atoms with Crippen LogP contribution in [0.5, 0.6) is 0 Å². The Morgan fingerprint density at radius 1 is 1.43 bits per heavy atom. The number of rotatable bonds is 4. The molecule has 3 nitrogen and oxygen atoms in total. The van der Waals surface area contributed by atoms with Gasteiger partial charge in [0.25, 0.3) is 0 Å². The summed E-state index contributed by atoms with van der Waals surface area (Å²) in [5.74, 6) is -0.0660. The average molecular weight is 285 g/mol. The molecule has 3 atom stereocenters. The Morgan fingerprint density at radius 2 is 2.10 bits per heavy atom. The van der Waals surface area contributed by atoms with Crippen LogP contribution in [0.4, 0.5) is 0 Å². The summed E-state index contributed by atoms with van der Waals surface area (Å²) in [6, 6.07) is 8.80. The zero-order chi connectivity index (χ0) is 15.5. The molecule has 1 N–H and O–H groups in total. The summed E-state index contributed by atoms with van der Waals surface area (Å²) in [4.78, 5) is 12.9. The van der Waals surface area contributed by atoms with Gasteiger partial charge < -0.3 is 5.11 Å². The maximum Gasteiger partial charge on any atom is 0.169 e. The summed E-state index contributed by atoms with van der Waals surface area (Å²) in [6.07, 6.45) is 4.67. The first-order valence-electron chi connectivity index (χ1n) is 7.76.